The van der Waals surface area contributed by atoms with Gasteiger partial charge in [0, 0.05) is 25.6 Å². The molecule has 1 unspecified atom stereocenters. The molecule has 0 bridgehead atoms. The Labute approximate surface area is 93.4 Å². The summed E-state index contributed by atoms with van der Waals surface area (Å²) >= 11 is 0. The van der Waals surface area contributed by atoms with Crippen molar-refractivity contribution in [2.24, 2.45) is 0 Å². The van der Waals surface area contributed by atoms with Gasteiger partial charge in [-0.2, -0.15) is 13.2 Å². The third-order valence-corrected chi connectivity index (χ3v) is 3.53. The van der Waals surface area contributed by atoms with Gasteiger partial charge in [-0.05, 0) is 32.1 Å². The Morgan fingerprint density at radius 3 is 2.56 bits per heavy atom. The van der Waals surface area contributed by atoms with Crippen LogP contribution in [0.3, 0.4) is 0 Å². The summed E-state index contributed by atoms with van der Waals surface area (Å²) in [5.74, 6) is 0. The predicted octanol–water partition coefficient (Wildman–Crippen LogP) is 2.32. The number of nitrogens with zero attached hydrogens (tertiary/aromatic N) is 1. The molecular formula is C11H18F3NO. The molecular weight excluding hydrogens is 219 g/mol. The average Bonchev–Trinajstić information content (AvgIpc) is 2.89. The van der Waals surface area contributed by atoms with Gasteiger partial charge in [-0.15, -0.1) is 0 Å². The van der Waals surface area contributed by atoms with E-state index in [4.69, 9.17) is 0 Å². The van der Waals surface area contributed by atoms with Crippen molar-refractivity contribution in [3.63, 3.8) is 0 Å². The van der Waals surface area contributed by atoms with Gasteiger partial charge in [0.05, 0.1) is 5.60 Å². The van der Waals surface area contributed by atoms with Crippen molar-refractivity contribution < 1.29 is 18.3 Å². The highest BCUT2D eigenvalue weighted by atomic mass is 19.4. The van der Waals surface area contributed by atoms with E-state index in [0.717, 1.165) is 6.54 Å². The summed E-state index contributed by atoms with van der Waals surface area (Å²) in [4.78, 5) is 2.22. The van der Waals surface area contributed by atoms with Crippen LogP contribution in [0.5, 0.6) is 0 Å². The summed E-state index contributed by atoms with van der Waals surface area (Å²) in [5.41, 5.74) is -0.867. The smallest absolute Gasteiger partial charge is 0.389 e. The van der Waals surface area contributed by atoms with E-state index in [2.05, 4.69) is 4.90 Å². The summed E-state index contributed by atoms with van der Waals surface area (Å²) in [6.07, 6.45) is -1.57. The van der Waals surface area contributed by atoms with Gasteiger partial charge in [0.2, 0.25) is 0 Å². The maximum absolute atomic E-state index is 12.0. The zero-order chi connectivity index (χ0) is 11.8. The molecule has 94 valence electrons. The number of hydrogen-bond donors (Lipinski definition) is 1. The second kappa shape index (κ2) is 4.18. The monoisotopic (exact) mass is 237 g/mol. The quantitative estimate of drug-likeness (QED) is 0.811. The minimum Gasteiger partial charge on any atom is -0.389 e. The molecule has 1 atom stereocenters. The van der Waals surface area contributed by atoms with Crippen LogP contribution < -0.4 is 0 Å². The first-order chi connectivity index (χ1) is 7.38. The largest absolute Gasteiger partial charge is 0.389 e. The van der Waals surface area contributed by atoms with Crippen LogP contribution in [0.1, 0.15) is 38.5 Å². The molecule has 1 saturated heterocycles. The van der Waals surface area contributed by atoms with Crippen LogP contribution in [0, 0.1) is 0 Å². The number of likely N-dealkylation sites (tertiary alicyclic amines) is 1. The van der Waals surface area contributed by atoms with Crippen LogP contribution in [0.25, 0.3) is 0 Å². The first-order valence-electron chi connectivity index (χ1n) is 5.91. The van der Waals surface area contributed by atoms with Crippen molar-refractivity contribution in [2.45, 2.75) is 56.3 Å². The first kappa shape index (κ1) is 12.2. The highest BCUT2D eigenvalue weighted by molar-refractivity contribution is 4.96. The van der Waals surface area contributed by atoms with Gasteiger partial charge in [0.25, 0.3) is 0 Å². The highest BCUT2D eigenvalue weighted by Gasteiger charge is 2.42. The number of rotatable bonds is 4. The van der Waals surface area contributed by atoms with E-state index in [1.54, 1.807) is 0 Å². The Morgan fingerprint density at radius 1 is 1.31 bits per heavy atom. The molecule has 2 rings (SSSR count). The van der Waals surface area contributed by atoms with Crippen molar-refractivity contribution in [3.8, 4) is 0 Å². The lowest BCUT2D eigenvalue weighted by Crippen LogP contribution is -2.34. The molecule has 2 nitrogen and oxygen atoms in total. The van der Waals surface area contributed by atoms with Gasteiger partial charge in [-0.25, -0.2) is 0 Å². The third kappa shape index (κ3) is 3.35. The van der Waals surface area contributed by atoms with Crippen molar-refractivity contribution in [1.29, 1.82) is 0 Å². The molecule has 5 heteroatoms. The van der Waals surface area contributed by atoms with Crippen molar-refractivity contribution >= 4 is 0 Å². The fourth-order valence-electron chi connectivity index (χ4n) is 2.46. The van der Waals surface area contributed by atoms with Gasteiger partial charge < -0.3 is 5.11 Å². The fourth-order valence-corrected chi connectivity index (χ4v) is 2.46. The van der Waals surface area contributed by atoms with Crippen molar-refractivity contribution in [2.75, 3.05) is 13.1 Å². The van der Waals surface area contributed by atoms with Crippen LogP contribution in [0.2, 0.25) is 0 Å². The van der Waals surface area contributed by atoms with Gasteiger partial charge in [0.1, 0.15) is 0 Å². The lowest BCUT2D eigenvalue weighted by Gasteiger charge is -2.23. The number of hydrogen-bond acceptors (Lipinski definition) is 2. The first-order valence-corrected chi connectivity index (χ1v) is 5.91. The SMILES string of the molecule is OC1(CCCC(F)(F)F)CCN(C2CC2)C1. The Bertz CT molecular complexity index is 252. The standard InChI is InChI=1S/C11H18F3NO/c12-11(13,14)5-1-4-10(16)6-7-15(8-10)9-2-3-9/h9,16H,1-8H2. The predicted molar refractivity (Wildman–Crippen MR) is 54.1 cm³/mol. The molecule has 16 heavy (non-hydrogen) atoms. The Hall–Kier alpha value is -0.290. The molecule has 1 saturated carbocycles. The summed E-state index contributed by atoms with van der Waals surface area (Å²) in [5, 5.41) is 10.1. The Kier molecular flexibility index (Phi) is 3.18. The van der Waals surface area contributed by atoms with Gasteiger partial charge in [0.15, 0.2) is 0 Å². The van der Waals surface area contributed by atoms with E-state index < -0.39 is 18.2 Å². The van der Waals surface area contributed by atoms with Crippen LogP contribution in [0.4, 0.5) is 13.2 Å². The van der Waals surface area contributed by atoms with Crippen LogP contribution in [0.15, 0.2) is 0 Å². The lowest BCUT2D eigenvalue weighted by atomic mass is 9.96. The molecule has 0 aromatic carbocycles. The van der Waals surface area contributed by atoms with E-state index in [1.807, 2.05) is 0 Å². The summed E-state index contributed by atoms with van der Waals surface area (Å²) in [6.45, 7) is 1.41. The Balaban J connectivity index is 1.72. The van der Waals surface area contributed by atoms with Crippen LogP contribution >= 0.6 is 0 Å². The summed E-state index contributed by atoms with van der Waals surface area (Å²) in [7, 11) is 0. The maximum atomic E-state index is 12.0. The molecule has 2 fully saturated rings. The van der Waals surface area contributed by atoms with E-state index in [9.17, 15) is 18.3 Å². The van der Waals surface area contributed by atoms with Crippen LogP contribution in [-0.4, -0.2) is 40.9 Å². The topological polar surface area (TPSA) is 23.5 Å². The minimum absolute atomic E-state index is 0.0402. The molecule has 1 aliphatic heterocycles. The molecule has 0 spiro atoms. The normalized spacial score (nSPS) is 32.2. The van der Waals surface area contributed by atoms with E-state index in [-0.39, 0.29) is 12.8 Å². The van der Waals surface area contributed by atoms with Crippen molar-refractivity contribution in [1.82, 2.24) is 4.90 Å². The molecule has 0 radical (unpaired) electrons. The van der Waals surface area contributed by atoms with E-state index >= 15 is 0 Å². The lowest BCUT2D eigenvalue weighted by molar-refractivity contribution is -0.137. The maximum Gasteiger partial charge on any atom is 0.389 e. The number of aliphatic hydroxyl groups is 1. The molecule has 0 aromatic heterocycles. The summed E-state index contributed by atoms with van der Waals surface area (Å²) < 4.78 is 35.9. The molecule has 0 aromatic rings. The molecule has 1 N–H and O–H groups in total. The molecule has 0 amide bonds. The second-order valence-electron chi connectivity index (χ2n) is 5.14. The number of alkyl halides is 3. The van der Waals surface area contributed by atoms with Gasteiger partial charge >= 0.3 is 6.18 Å². The number of β-amino-alcohol motifs (C(OH)–C–C–N with tert-alkyl or cyclic N) is 1. The zero-order valence-electron chi connectivity index (χ0n) is 9.26. The number of halogens is 3. The zero-order valence-corrected chi connectivity index (χ0v) is 9.26. The fraction of sp³-hybridized carbons (Fsp3) is 1.00. The Morgan fingerprint density at radius 2 is 2.00 bits per heavy atom. The van der Waals surface area contributed by atoms with Crippen molar-refractivity contribution in [3.05, 3.63) is 0 Å². The molecule has 2 aliphatic rings. The van der Waals surface area contributed by atoms with Crippen LogP contribution in [-0.2, 0) is 0 Å². The average molecular weight is 237 g/mol. The van der Waals surface area contributed by atoms with E-state index in [0.29, 0.717) is 19.0 Å². The van der Waals surface area contributed by atoms with Gasteiger partial charge in [-0.1, -0.05) is 0 Å². The minimum atomic E-state index is -4.09. The molecule has 1 aliphatic carbocycles. The van der Waals surface area contributed by atoms with E-state index in [1.165, 1.54) is 12.8 Å². The summed E-state index contributed by atoms with van der Waals surface area (Å²) in [6, 6.07) is 0.594. The second-order valence-corrected chi connectivity index (χ2v) is 5.14. The highest BCUT2D eigenvalue weighted by Crippen LogP contribution is 2.36. The third-order valence-electron chi connectivity index (χ3n) is 3.53. The molecule has 1 heterocycles. The van der Waals surface area contributed by atoms with Gasteiger partial charge in [-0.3, -0.25) is 4.90 Å².